The van der Waals surface area contributed by atoms with Crippen LogP contribution in [0, 0.1) is 0 Å². The Hall–Kier alpha value is 0.300. The Morgan fingerprint density at radius 1 is 1.50 bits per heavy atom. The molecule has 0 aromatic rings. The van der Waals surface area contributed by atoms with Crippen LogP contribution in [0.2, 0.25) is 0 Å². The number of hydrogen-bond acceptors (Lipinski definition) is 0. The van der Waals surface area contributed by atoms with Gasteiger partial charge in [0.25, 0.3) is 0 Å². The van der Waals surface area contributed by atoms with Gasteiger partial charge in [-0.3, -0.25) is 0 Å². The van der Waals surface area contributed by atoms with E-state index in [-0.39, 0.29) is 0 Å². The van der Waals surface area contributed by atoms with E-state index < -0.39 is 0 Å². The lowest BCUT2D eigenvalue weighted by atomic mass is 13.2. The molecule has 2 nitrogen and oxygen atoms in total. The van der Waals surface area contributed by atoms with Crippen LogP contribution in [0.3, 0.4) is 0 Å². The SMILES string of the molecule is [N-]=[N+](S)S. The van der Waals surface area contributed by atoms with Gasteiger partial charge >= 0.3 is 0 Å². The van der Waals surface area contributed by atoms with Crippen LogP contribution < -0.4 is 0 Å². The monoisotopic (exact) mass is 94.0 g/mol. The minimum absolute atomic E-state index is 0.389. The molecule has 0 amide bonds. The van der Waals surface area contributed by atoms with Crippen LogP contribution in [0.5, 0.6) is 0 Å². The van der Waals surface area contributed by atoms with Crippen LogP contribution in [-0.4, -0.2) is 3.51 Å². The van der Waals surface area contributed by atoms with E-state index in [1.807, 2.05) is 0 Å². The molecule has 0 aromatic heterocycles. The molecule has 0 saturated carbocycles. The summed E-state index contributed by atoms with van der Waals surface area (Å²) in [6.45, 7) is 0. The summed E-state index contributed by atoms with van der Waals surface area (Å²) >= 11 is 6.44. The number of nitrogens with zero attached hydrogens (tertiary/aromatic N) is 2. The van der Waals surface area contributed by atoms with Gasteiger partial charge in [-0.25, -0.2) is 0 Å². The van der Waals surface area contributed by atoms with Crippen LogP contribution in [0.25, 0.3) is 5.53 Å². The molecule has 0 heterocycles. The fourth-order valence-corrected chi connectivity index (χ4v) is 0. The normalized spacial score (nSPS) is 6.50. The highest BCUT2D eigenvalue weighted by molar-refractivity contribution is 7.86. The van der Waals surface area contributed by atoms with E-state index in [9.17, 15) is 0 Å². The maximum Gasteiger partial charge on any atom is 0.145 e. The second-order valence-corrected chi connectivity index (χ2v) is 1.34. The van der Waals surface area contributed by atoms with Gasteiger partial charge in [-0.1, -0.05) is 0 Å². The first kappa shape index (κ1) is 4.30. The van der Waals surface area contributed by atoms with Crippen molar-refractivity contribution >= 4 is 25.6 Å². The van der Waals surface area contributed by atoms with Crippen molar-refractivity contribution in [2.45, 2.75) is 0 Å². The van der Waals surface area contributed by atoms with Crippen LogP contribution >= 0.6 is 25.6 Å². The molecule has 0 aliphatic heterocycles. The summed E-state index contributed by atoms with van der Waals surface area (Å²) in [4.78, 5) is 0. The first-order valence-corrected chi connectivity index (χ1v) is 1.40. The lowest BCUT2D eigenvalue weighted by molar-refractivity contribution is -0.141. The molecule has 0 saturated heterocycles. The van der Waals surface area contributed by atoms with Gasteiger partial charge in [0, 0.05) is 0 Å². The third kappa shape index (κ3) is 43.2. The molecule has 24 valence electrons. The van der Waals surface area contributed by atoms with Crippen LogP contribution in [-0.2, 0) is 0 Å². The van der Waals surface area contributed by atoms with Crippen molar-refractivity contribution in [1.29, 1.82) is 0 Å². The van der Waals surface area contributed by atoms with Gasteiger partial charge in [-0.2, -0.15) is 3.51 Å². The highest BCUT2D eigenvalue weighted by atomic mass is 32.2. The molecule has 0 aromatic carbocycles. The van der Waals surface area contributed by atoms with E-state index in [0.29, 0.717) is 3.51 Å². The Labute approximate surface area is 35.4 Å². The van der Waals surface area contributed by atoms with Crippen molar-refractivity contribution in [3.8, 4) is 0 Å². The summed E-state index contributed by atoms with van der Waals surface area (Å²) in [5.41, 5.74) is 7.62. The van der Waals surface area contributed by atoms with Crippen molar-refractivity contribution in [1.82, 2.24) is 0 Å². The van der Waals surface area contributed by atoms with Gasteiger partial charge in [-0.05, 0) is 0 Å². The number of rotatable bonds is 0. The zero-order chi connectivity index (χ0) is 3.58. The molecule has 0 bridgehead atoms. The molecule has 0 rings (SSSR count). The summed E-state index contributed by atoms with van der Waals surface area (Å²) < 4.78 is 0.389. The van der Waals surface area contributed by atoms with Gasteiger partial charge in [0.15, 0.2) is 0 Å². The number of thiol groups is 2. The van der Waals surface area contributed by atoms with Crippen molar-refractivity contribution < 1.29 is 3.51 Å². The van der Waals surface area contributed by atoms with Crippen molar-refractivity contribution in [2.24, 2.45) is 0 Å². The maximum atomic E-state index is 7.62. The molecular weight excluding hydrogens is 92.1 g/mol. The van der Waals surface area contributed by atoms with E-state index in [0.717, 1.165) is 0 Å². The van der Waals surface area contributed by atoms with Crippen LogP contribution in [0.1, 0.15) is 0 Å². The molecule has 0 aliphatic carbocycles. The van der Waals surface area contributed by atoms with Gasteiger partial charge in [0.05, 0.1) is 0 Å². The largest absolute Gasteiger partial charge is 0.476 e. The Morgan fingerprint density at radius 3 is 1.50 bits per heavy atom. The van der Waals surface area contributed by atoms with Gasteiger partial charge in [0.2, 0.25) is 0 Å². The predicted molar refractivity (Wildman–Crippen MR) is 21.6 cm³/mol. The topological polar surface area (TPSA) is 25.3 Å². The fraction of sp³-hybridized carbons (Fsp3) is 0. The van der Waals surface area contributed by atoms with E-state index >= 15 is 0 Å². The number of hydrogen-bond donors (Lipinski definition) is 2. The van der Waals surface area contributed by atoms with E-state index in [4.69, 9.17) is 5.53 Å². The van der Waals surface area contributed by atoms with Gasteiger partial charge < -0.3 is 5.53 Å². The molecule has 0 N–H and O–H groups in total. The summed E-state index contributed by atoms with van der Waals surface area (Å²) in [6, 6.07) is 0. The average molecular weight is 94.2 g/mol. The molecule has 0 fully saturated rings. The molecule has 4 heavy (non-hydrogen) atoms. The highest BCUT2D eigenvalue weighted by Gasteiger charge is 1.52. The maximum absolute atomic E-state index is 7.62. The molecule has 0 aliphatic rings. The molecular formula is H2N2S2. The lowest BCUT2D eigenvalue weighted by Crippen LogP contribution is -1.53. The smallest absolute Gasteiger partial charge is 0.145 e. The molecule has 0 atom stereocenters. The van der Waals surface area contributed by atoms with Crippen molar-refractivity contribution in [3.63, 3.8) is 0 Å². The van der Waals surface area contributed by atoms with Crippen LogP contribution in [0.15, 0.2) is 0 Å². The summed E-state index contributed by atoms with van der Waals surface area (Å²) in [6.07, 6.45) is 0. The Kier molecular flexibility index (Phi) is 1.72. The summed E-state index contributed by atoms with van der Waals surface area (Å²) in [5, 5.41) is 0. The summed E-state index contributed by atoms with van der Waals surface area (Å²) in [7, 11) is 0. The Balaban J connectivity index is 2.80. The fourth-order valence-electron chi connectivity index (χ4n) is 0. The molecule has 0 spiro atoms. The van der Waals surface area contributed by atoms with Crippen molar-refractivity contribution in [2.75, 3.05) is 0 Å². The minimum Gasteiger partial charge on any atom is -0.476 e. The molecule has 4 heteroatoms. The summed E-state index contributed by atoms with van der Waals surface area (Å²) in [5.74, 6) is 0. The Bertz CT molecular complexity index is 27.0. The Morgan fingerprint density at radius 2 is 1.50 bits per heavy atom. The van der Waals surface area contributed by atoms with E-state index in [2.05, 4.69) is 25.6 Å². The quantitative estimate of drug-likeness (QED) is 0.251. The standard InChI is InChI=1S/H2N2S2/c1-2(3)4/h3-4H. The van der Waals surface area contributed by atoms with Crippen LogP contribution in [0.4, 0.5) is 0 Å². The second kappa shape index (κ2) is 1.60. The zero-order valence-electron chi connectivity index (χ0n) is 1.79. The van der Waals surface area contributed by atoms with Crippen molar-refractivity contribution in [3.05, 3.63) is 5.53 Å². The second-order valence-electron chi connectivity index (χ2n) is 0.268. The van der Waals surface area contributed by atoms with E-state index in [1.54, 1.807) is 0 Å². The lowest BCUT2D eigenvalue weighted by Gasteiger charge is -1.69. The molecule has 0 radical (unpaired) electrons. The molecule has 0 unspecified atom stereocenters. The first-order chi connectivity index (χ1) is 1.73. The van der Waals surface area contributed by atoms with Gasteiger partial charge in [-0.15, -0.1) is 0 Å². The first-order valence-electron chi connectivity index (χ1n) is 0.600. The van der Waals surface area contributed by atoms with E-state index in [1.165, 1.54) is 0 Å². The third-order valence-corrected chi connectivity index (χ3v) is 0. The minimum atomic E-state index is 0.389. The average Bonchev–Trinajstić information content (AvgIpc) is 0.811. The van der Waals surface area contributed by atoms with Gasteiger partial charge in [0.1, 0.15) is 25.6 Å². The predicted octanol–water partition coefficient (Wildman–Crippen LogP) is 0.710. The highest BCUT2D eigenvalue weighted by Crippen LogP contribution is 1.78. The zero-order valence-corrected chi connectivity index (χ0v) is 3.58. The third-order valence-electron chi connectivity index (χ3n) is 0.